The molecule has 4 rings (SSSR count). The van der Waals surface area contributed by atoms with Gasteiger partial charge in [-0.15, -0.1) is 22.7 Å². The lowest BCUT2D eigenvalue weighted by Crippen LogP contribution is -2.05. The number of methoxy groups -OCH3 is 1. The van der Waals surface area contributed by atoms with Crippen LogP contribution in [0, 0.1) is 18.7 Å². The fourth-order valence-corrected chi connectivity index (χ4v) is 5.76. The maximum Gasteiger partial charge on any atom is 0.339 e. The average molecular weight is 542 g/mol. The molecule has 3 heterocycles. The first-order chi connectivity index (χ1) is 17.7. The summed E-state index contributed by atoms with van der Waals surface area (Å²) in [5.41, 5.74) is 3.16. The van der Waals surface area contributed by atoms with E-state index >= 15 is 0 Å². The number of thiazole rings is 1. The number of ether oxygens (including phenoxy) is 2. The van der Waals surface area contributed by atoms with Gasteiger partial charge in [0.25, 0.3) is 0 Å². The molecule has 0 unspecified atom stereocenters. The maximum atomic E-state index is 14.8. The van der Waals surface area contributed by atoms with E-state index in [2.05, 4.69) is 24.1 Å². The third-order valence-electron chi connectivity index (χ3n) is 5.40. The smallest absolute Gasteiger partial charge is 0.339 e. The van der Waals surface area contributed by atoms with Gasteiger partial charge in [-0.25, -0.2) is 19.2 Å². The topological polar surface area (TPSA) is 93.6 Å². The van der Waals surface area contributed by atoms with Gasteiger partial charge >= 0.3 is 5.97 Å². The Morgan fingerprint density at radius 1 is 1.19 bits per heavy atom. The molecule has 0 aliphatic carbocycles. The fraction of sp³-hybridized carbons (Fsp3) is 0.296. The van der Waals surface area contributed by atoms with Gasteiger partial charge in [0, 0.05) is 34.2 Å². The number of halogens is 1. The minimum absolute atomic E-state index is 0.0503. The Kier molecular flexibility index (Phi) is 8.52. The van der Waals surface area contributed by atoms with E-state index in [9.17, 15) is 14.3 Å². The minimum Gasteiger partial charge on any atom is -0.488 e. The van der Waals surface area contributed by atoms with Gasteiger partial charge in [0.1, 0.15) is 18.0 Å². The molecule has 0 atom stereocenters. The molecule has 2 N–H and O–H groups in total. The molecular formula is C27H28FN3O4S2. The van der Waals surface area contributed by atoms with Crippen molar-refractivity contribution in [3.63, 3.8) is 0 Å². The quantitative estimate of drug-likeness (QED) is 0.197. The Labute approximate surface area is 223 Å². The number of thiophene rings is 1. The van der Waals surface area contributed by atoms with Gasteiger partial charge in [-0.1, -0.05) is 13.8 Å². The van der Waals surface area contributed by atoms with E-state index in [0.29, 0.717) is 28.9 Å². The number of pyridine rings is 1. The molecular weight excluding hydrogens is 513 g/mol. The Morgan fingerprint density at radius 3 is 2.65 bits per heavy atom. The van der Waals surface area contributed by atoms with Crippen LogP contribution in [0.1, 0.15) is 34.6 Å². The molecule has 0 saturated heterocycles. The van der Waals surface area contributed by atoms with Crippen LogP contribution in [0.15, 0.2) is 41.9 Å². The molecule has 37 heavy (non-hydrogen) atoms. The van der Waals surface area contributed by atoms with Crippen LogP contribution in [0.25, 0.3) is 21.7 Å². The van der Waals surface area contributed by atoms with E-state index in [-0.39, 0.29) is 23.7 Å². The van der Waals surface area contributed by atoms with E-state index in [0.717, 1.165) is 27.3 Å². The zero-order valence-corrected chi connectivity index (χ0v) is 22.6. The van der Waals surface area contributed by atoms with Crippen molar-refractivity contribution in [3.05, 3.63) is 63.7 Å². The summed E-state index contributed by atoms with van der Waals surface area (Å²) >= 11 is 2.94. The molecule has 1 aromatic carbocycles. The molecule has 0 radical (unpaired) electrons. The molecule has 0 saturated carbocycles. The average Bonchev–Trinajstić information content (AvgIpc) is 3.46. The summed E-state index contributed by atoms with van der Waals surface area (Å²) in [4.78, 5) is 23.1. The largest absolute Gasteiger partial charge is 0.488 e. The van der Waals surface area contributed by atoms with Crippen LogP contribution in [0.5, 0.6) is 5.75 Å². The Bertz CT molecular complexity index is 1400. The highest BCUT2D eigenvalue weighted by Crippen LogP contribution is 2.37. The van der Waals surface area contributed by atoms with Crippen molar-refractivity contribution in [1.82, 2.24) is 9.97 Å². The molecule has 0 aliphatic heterocycles. The van der Waals surface area contributed by atoms with Crippen LogP contribution >= 0.6 is 22.7 Å². The van der Waals surface area contributed by atoms with E-state index in [1.165, 1.54) is 28.7 Å². The van der Waals surface area contributed by atoms with Crippen molar-refractivity contribution >= 4 is 39.6 Å². The summed E-state index contributed by atoms with van der Waals surface area (Å²) in [6, 6.07) is 8.38. The van der Waals surface area contributed by atoms with Gasteiger partial charge in [-0.05, 0) is 60.5 Å². The maximum absolute atomic E-state index is 14.8. The summed E-state index contributed by atoms with van der Waals surface area (Å²) in [6.45, 7) is 6.79. The van der Waals surface area contributed by atoms with Crippen LogP contribution in [0.2, 0.25) is 0 Å². The van der Waals surface area contributed by atoms with E-state index in [4.69, 9.17) is 14.5 Å². The van der Waals surface area contributed by atoms with Crippen molar-refractivity contribution in [2.24, 2.45) is 5.92 Å². The lowest BCUT2D eigenvalue weighted by atomic mass is 10.0. The van der Waals surface area contributed by atoms with Gasteiger partial charge in [-0.3, -0.25) is 0 Å². The number of aromatic nitrogens is 2. The number of carbonyl (C=O) groups is 1. The van der Waals surface area contributed by atoms with Crippen LogP contribution in [-0.2, 0) is 11.2 Å². The van der Waals surface area contributed by atoms with Crippen LogP contribution in [-0.4, -0.2) is 41.4 Å². The molecule has 4 aromatic rings. The number of anilines is 2. The van der Waals surface area contributed by atoms with Crippen molar-refractivity contribution in [2.45, 2.75) is 27.2 Å². The predicted molar refractivity (Wildman–Crippen MR) is 146 cm³/mol. The molecule has 0 fully saturated rings. The first-order valence-corrected chi connectivity index (χ1v) is 13.4. The van der Waals surface area contributed by atoms with E-state index < -0.39 is 11.8 Å². The first-order valence-electron chi connectivity index (χ1n) is 11.7. The SMILES string of the molecule is COCCOc1ccc(-c2nc(Nc3ncc(-c4cc(C)cs4)cc3C(=O)O)sc2CC(C)C)cc1F. The summed E-state index contributed by atoms with van der Waals surface area (Å²) in [6.07, 6.45) is 2.39. The number of nitrogens with one attached hydrogen (secondary N) is 1. The monoisotopic (exact) mass is 541 g/mol. The zero-order valence-electron chi connectivity index (χ0n) is 21.0. The predicted octanol–water partition coefficient (Wildman–Crippen LogP) is 7.05. The highest BCUT2D eigenvalue weighted by molar-refractivity contribution is 7.16. The number of benzene rings is 1. The second kappa shape index (κ2) is 11.8. The summed E-state index contributed by atoms with van der Waals surface area (Å²) in [5, 5.41) is 15.4. The molecule has 0 amide bonds. The molecule has 7 nitrogen and oxygen atoms in total. The summed E-state index contributed by atoms with van der Waals surface area (Å²) in [7, 11) is 1.56. The standard InChI is InChI=1S/C27H28FN3O4S2/c1-15(2)9-23-24(17-5-6-21(20(28)12-17)35-8-7-34-4)30-27(37-23)31-25-19(26(32)33)11-18(13-29-25)22-10-16(3)14-36-22/h5-6,10-15H,7-9H2,1-4H3,(H,32,33)(H,29,30,31). The number of carboxylic acid groups (broad SMARTS) is 1. The van der Waals surface area contributed by atoms with Gasteiger partial charge in [0.2, 0.25) is 0 Å². The Morgan fingerprint density at radius 2 is 2.00 bits per heavy atom. The highest BCUT2D eigenvalue weighted by Gasteiger charge is 2.20. The molecule has 3 aromatic heterocycles. The van der Waals surface area contributed by atoms with Crippen molar-refractivity contribution < 1.29 is 23.8 Å². The second-order valence-corrected chi connectivity index (χ2v) is 10.9. The molecule has 0 bridgehead atoms. The summed E-state index contributed by atoms with van der Waals surface area (Å²) < 4.78 is 25.1. The van der Waals surface area contributed by atoms with Crippen molar-refractivity contribution in [1.29, 1.82) is 0 Å². The van der Waals surface area contributed by atoms with Gasteiger partial charge in [-0.2, -0.15) is 0 Å². The molecule has 0 spiro atoms. The third kappa shape index (κ3) is 6.51. The number of aromatic carboxylic acids is 1. The number of hydrogen-bond acceptors (Lipinski definition) is 8. The lowest BCUT2D eigenvalue weighted by molar-refractivity contribution is 0.0697. The molecule has 194 valence electrons. The van der Waals surface area contributed by atoms with Gasteiger partial charge in [0.05, 0.1) is 12.3 Å². The third-order valence-corrected chi connectivity index (χ3v) is 7.49. The Balaban J connectivity index is 1.65. The molecule has 10 heteroatoms. The highest BCUT2D eigenvalue weighted by atomic mass is 32.1. The minimum atomic E-state index is -1.09. The lowest BCUT2D eigenvalue weighted by Gasteiger charge is -2.09. The second-order valence-electron chi connectivity index (χ2n) is 8.91. The normalized spacial score (nSPS) is 11.2. The number of carboxylic acids is 1. The van der Waals surface area contributed by atoms with Crippen LogP contribution in [0.3, 0.4) is 0 Å². The Hall–Kier alpha value is -3.34. The van der Waals surface area contributed by atoms with Crippen molar-refractivity contribution in [2.75, 3.05) is 25.6 Å². The fourth-order valence-electron chi connectivity index (χ4n) is 3.69. The van der Waals surface area contributed by atoms with Gasteiger partial charge < -0.3 is 19.9 Å². The zero-order chi connectivity index (χ0) is 26.5. The molecule has 0 aliphatic rings. The number of nitrogens with zero attached hydrogens (tertiary/aromatic N) is 2. The van der Waals surface area contributed by atoms with Crippen LogP contribution in [0.4, 0.5) is 15.3 Å². The summed E-state index contributed by atoms with van der Waals surface area (Å²) in [5.74, 6) is -0.879. The first kappa shape index (κ1) is 26.7. The van der Waals surface area contributed by atoms with Crippen LogP contribution < -0.4 is 10.1 Å². The van der Waals surface area contributed by atoms with E-state index in [1.807, 2.05) is 18.4 Å². The number of hydrogen-bond donors (Lipinski definition) is 2. The van der Waals surface area contributed by atoms with E-state index in [1.54, 1.807) is 31.5 Å². The number of rotatable bonds is 11. The van der Waals surface area contributed by atoms with Gasteiger partial charge in [0.15, 0.2) is 16.7 Å². The van der Waals surface area contributed by atoms with Crippen molar-refractivity contribution in [3.8, 4) is 27.4 Å². The number of aryl methyl sites for hydroxylation is 1.